The van der Waals surface area contributed by atoms with Crippen LogP contribution in [0, 0.1) is 0 Å². The first-order valence-electron chi connectivity index (χ1n) is 13.5. The van der Waals surface area contributed by atoms with Crippen LogP contribution in [-0.2, 0) is 11.8 Å². The quantitative estimate of drug-likeness (QED) is 0.234. The Morgan fingerprint density at radius 2 is 1.23 bits per heavy atom. The number of benzene rings is 3. The van der Waals surface area contributed by atoms with Crippen LogP contribution in [0.1, 0.15) is 53.9 Å². The average Bonchev–Trinajstić information content (AvgIpc) is 2.91. The van der Waals surface area contributed by atoms with E-state index in [1.165, 1.54) is 30.3 Å². The summed E-state index contributed by atoms with van der Waals surface area (Å²) in [6.07, 6.45) is -13.0. The molecular formula is C30H27ClF9NO3. The maximum atomic E-state index is 13.3. The molecule has 0 aliphatic carbocycles. The highest BCUT2D eigenvalue weighted by atomic mass is 35.5. The number of hydrogen-bond acceptors (Lipinski definition) is 4. The van der Waals surface area contributed by atoms with Crippen molar-refractivity contribution < 1.29 is 54.1 Å². The van der Waals surface area contributed by atoms with Crippen molar-refractivity contribution in [2.45, 2.75) is 56.1 Å². The van der Waals surface area contributed by atoms with Gasteiger partial charge in [0.1, 0.15) is 11.5 Å². The minimum absolute atomic E-state index is 0.129. The van der Waals surface area contributed by atoms with Crippen molar-refractivity contribution in [3.8, 4) is 11.5 Å². The molecule has 0 radical (unpaired) electrons. The van der Waals surface area contributed by atoms with Gasteiger partial charge in [-0.3, -0.25) is 0 Å². The summed E-state index contributed by atoms with van der Waals surface area (Å²) in [7, 11) is 0. The largest absolute Gasteiger partial charge is 0.573 e. The molecule has 0 saturated carbocycles. The van der Waals surface area contributed by atoms with Gasteiger partial charge in [-0.1, -0.05) is 41.9 Å². The van der Waals surface area contributed by atoms with Gasteiger partial charge in [0.05, 0.1) is 16.2 Å². The topological polar surface area (TPSA) is 41.9 Å². The van der Waals surface area contributed by atoms with Gasteiger partial charge >= 0.3 is 18.9 Å². The molecule has 4 nitrogen and oxygen atoms in total. The molecule has 0 spiro atoms. The van der Waals surface area contributed by atoms with Crippen molar-refractivity contribution >= 4 is 11.6 Å². The maximum absolute atomic E-state index is 13.3. The summed E-state index contributed by atoms with van der Waals surface area (Å²) >= 11 is 5.71. The minimum atomic E-state index is -4.87. The molecule has 14 heteroatoms. The fourth-order valence-corrected chi connectivity index (χ4v) is 5.54. The fraction of sp³-hybridized carbons (Fsp3) is 0.400. The van der Waals surface area contributed by atoms with Crippen molar-refractivity contribution in [2.75, 3.05) is 19.6 Å². The van der Waals surface area contributed by atoms with Crippen molar-refractivity contribution in [2.24, 2.45) is 0 Å². The zero-order chi connectivity index (χ0) is 32.3. The number of halogens is 10. The number of aliphatic hydroxyl groups is 1. The van der Waals surface area contributed by atoms with Gasteiger partial charge < -0.3 is 19.5 Å². The first-order valence-corrected chi connectivity index (χ1v) is 13.8. The number of rotatable bonds is 9. The summed E-state index contributed by atoms with van der Waals surface area (Å²) in [5, 5.41) is 10.7. The van der Waals surface area contributed by atoms with Crippen LogP contribution in [-0.4, -0.2) is 42.4 Å². The lowest BCUT2D eigenvalue weighted by atomic mass is 9.83. The molecule has 0 amide bonds. The van der Waals surface area contributed by atoms with E-state index in [2.05, 4.69) is 9.47 Å². The van der Waals surface area contributed by atoms with E-state index in [1.54, 1.807) is 0 Å². The Hall–Kier alpha value is -3.16. The molecule has 1 heterocycles. The van der Waals surface area contributed by atoms with E-state index < -0.39 is 52.5 Å². The lowest BCUT2D eigenvalue weighted by molar-refractivity contribution is -0.275. The first-order chi connectivity index (χ1) is 20.4. The third-order valence-electron chi connectivity index (χ3n) is 7.49. The van der Waals surface area contributed by atoms with E-state index in [-0.39, 0.29) is 18.4 Å². The minimum Gasteiger partial charge on any atom is -0.406 e. The Balaban J connectivity index is 1.42. The monoisotopic (exact) mass is 655 g/mol. The summed E-state index contributed by atoms with van der Waals surface area (Å²) < 4.78 is 123. The second-order valence-corrected chi connectivity index (χ2v) is 10.9. The van der Waals surface area contributed by atoms with Gasteiger partial charge in [-0.2, -0.15) is 13.2 Å². The van der Waals surface area contributed by atoms with Crippen LogP contribution >= 0.6 is 11.6 Å². The van der Waals surface area contributed by atoms with Crippen LogP contribution in [0.25, 0.3) is 0 Å². The molecule has 240 valence electrons. The van der Waals surface area contributed by atoms with Gasteiger partial charge in [0.2, 0.25) is 0 Å². The molecule has 3 aromatic rings. The highest BCUT2D eigenvalue weighted by Gasteiger charge is 2.38. The van der Waals surface area contributed by atoms with E-state index in [0.29, 0.717) is 43.6 Å². The van der Waals surface area contributed by atoms with Gasteiger partial charge in [-0.25, -0.2) is 0 Å². The fourth-order valence-electron chi connectivity index (χ4n) is 5.32. The maximum Gasteiger partial charge on any atom is 0.573 e. The molecule has 44 heavy (non-hydrogen) atoms. The molecule has 0 unspecified atom stereocenters. The summed E-state index contributed by atoms with van der Waals surface area (Å²) in [5.74, 6) is -1.23. The van der Waals surface area contributed by atoms with Crippen molar-refractivity contribution in [3.63, 3.8) is 0 Å². The SMILES string of the molecule is OC1(c2ccc(Cl)c(C(F)(F)F)c2)CCN(CCCC(c2ccc(OC(F)(F)F)cc2)c2ccc(OC(F)(F)F)cc2)CC1. The van der Waals surface area contributed by atoms with Gasteiger partial charge in [0.25, 0.3) is 0 Å². The Bertz CT molecular complexity index is 1320. The molecule has 1 fully saturated rings. The zero-order valence-electron chi connectivity index (χ0n) is 22.9. The van der Waals surface area contributed by atoms with Gasteiger partial charge in [-0.05, 0) is 85.3 Å². The van der Waals surface area contributed by atoms with Crippen molar-refractivity contribution in [3.05, 3.63) is 94.0 Å². The normalized spacial score (nSPS) is 16.3. The molecule has 0 atom stereocenters. The Labute approximate surface area is 251 Å². The highest BCUT2D eigenvalue weighted by Crippen LogP contribution is 2.40. The van der Waals surface area contributed by atoms with E-state index in [9.17, 15) is 44.6 Å². The number of ether oxygens (including phenoxy) is 2. The average molecular weight is 656 g/mol. The second kappa shape index (κ2) is 13.1. The van der Waals surface area contributed by atoms with Gasteiger partial charge in [-0.15, -0.1) is 26.3 Å². The molecule has 1 N–H and O–H groups in total. The van der Waals surface area contributed by atoms with Crippen LogP contribution < -0.4 is 9.47 Å². The molecule has 0 bridgehead atoms. The molecule has 1 aliphatic rings. The Morgan fingerprint density at radius 1 is 0.750 bits per heavy atom. The van der Waals surface area contributed by atoms with Gasteiger partial charge in [0.15, 0.2) is 0 Å². The van der Waals surface area contributed by atoms with Crippen LogP contribution in [0.3, 0.4) is 0 Å². The smallest absolute Gasteiger partial charge is 0.406 e. The zero-order valence-corrected chi connectivity index (χ0v) is 23.6. The lowest BCUT2D eigenvalue weighted by Gasteiger charge is -2.39. The number of likely N-dealkylation sites (tertiary alicyclic amines) is 1. The third-order valence-corrected chi connectivity index (χ3v) is 7.82. The van der Waals surface area contributed by atoms with Crippen LogP contribution in [0.2, 0.25) is 5.02 Å². The molecule has 1 saturated heterocycles. The molecular weight excluding hydrogens is 629 g/mol. The summed E-state index contributed by atoms with van der Waals surface area (Å²) in [5.41, 5.74) is -1.13. The van der Waals surface area contributed by atoms with E-state index in [0.717, 1.165) is 36.4 Å². The summed E-state index contributed by atoms with van der Waals surface area (Å²) in [6.45, 7) is 1.31. The number of piperidine rings is 1. The Kier molecular flexibility index (Phi) is 10.0. The molecule has 3 aromatic carbocycles. The van der Waals surface area contributed by atoms with E-state index in [1.807, 2.05) is 4.90 Å². The van der Waals surface area contributed by atoms with Crippen LogP contribution in [0.4, 0.5) is 39.5 Å². The van der Waals surface area contributed by atoms with E-state index >= 15 is 0 Å². The summed E-state index contributed by atoms with van der Waals surface area (Å²) in [4.78, 5) is 2.03. The third kappa shape index (κ3) is 9.18. The molecule has 0 aromatic heterocycles. The standard InChI is InChI=1S/C30H27ClF9NO3/c31-26-12-7-21(18-25(26)28(32,33)34)27(42)13-16-41(17-14-27)15-1-2-24(19-3-8-22(9-4-19)43-29(35,36)37)20-5-10-23(11-6-20)44-30(38,39)40/h3-12,18,24,42H,1-2,13-17H2. The first kappa shape index (κ1) is 33.7. The number of hydrogen-bond donors (Lipinski definition) is 1. The van der Waals surface area contributed by atoms with E-state index in [4.69, 9.17) is 11.6 Å². The van der Waals surface area contributed by atoms with Gasteiger partial charge in [0, 0.05) is 19.0 Å². The predicted octanol–water partition coefficient (Wildman–Crippen LogP) is 9.05. The van der Waals surface area contributed by atoms with Crippen molar-refractivity contribution in [1.82, 2.24) is 4.90 Å². The molecule has 1 aliphatic heterocycles. The molecule has 4 rings (SSSR count). The van der Waals surface area contributed by atoms with Crippen molar-refractivity contribution in [1.29, 1.82) is 0 Å². The number of nitrogens with zero attached hydrogens (tertiary/aromatic N) is 1. The van der Waals surface area contributed by atoms with Crippen LogP contribution in [0.15, 0.2) is 66.7 Å². The Morgan fingerprint density at radius 3 is 1.66 bits per heavy atom. The summed E-state index contributed by atoms with van der Waals surface area (Å²) in [6, 6.07) is 13.8. The van der Waals surface area contributed by atoms with Crippen LogP contribution in [0.5, 0.6) is 11.5 Å². The number of alkyl halides is 9. The second-order valence-electron chi connectivity index (χ2n) is 10.5. The highest BCUT2D eigenvalue weighted by molar-refractivity contribution is 6.31. The predicted molar refractivity (Wildman–Crippen MR) is 143 cm³/mol. The lowest BCUT2D eigenvalue weighted by Crippen LogP contribution is -2.43.